The van der Waals surface area contributed by atoms with Crippen molar-refractivity contribution in [3.8, 4) is 17.4 Å². The number of pyridine rings is 2. The van der Waals surface area contributed by atoms with Gasteiger partial charge in [0, 0.05) is 36.6 Å². The predicted molar refractivity (Wildman–Crippen MR) is 136 cm³/mol. The average molecular weight is 504 g/mol. The highest BCUT2D eigenvalue weighted by atomic mass is 16.5. The molecule has 0 fully saturated rings. The number of hydrogen-bond donors (Lipinski definition) is 5. The van der Waals surface area contributed by atoms with E-state index in [1.54, 1.807) is 37.3 Å². The second-order valence-corrected chi connectivity index (χ2v) is 8.02. The van der Waals surface area contributed by atoms with E-state index in [0.717, 1.165) is 4.68 Å². The molecule has 0 aliphatic rings. The Labute approximate surface area is 211 Å². The first-order chi connectivity index (χ1) is 17.7. The normalized spacial score (nSPS) is 11.5. The van der Waals surface area contributed by atoms with Crippen LogP contribution in [-0.4, -0.2) is 43.6 Å². The summed E-state index contributed by atoms with van der Waals surface area (Å²) in [5, 5.41) is 15.5. The van der Waals surface area contributed by atoms with Crippen LogP contribution in [-0.2, 0) is 4.79 Å². The number of H-pyrrole nitrogens is 1. The van der Waals surface area contributed by atoms with Crippen LogP contribution in [0.15, 0.2) is 53.5 Å². The summed E-state index contributed by atoms with van der Waals surface area (Å²) in [6.07, 6.45) is 1.51. The summed E-state index contributed by atoms with van der Waals surface area (Å²) < 4.78 is 11.7. The third-order valence-electron chi connectivity index (χ3n) is 5.26. The monoisotopic (exact) mass is 503 g/mol. The maximum Gasteiger partial charge on any atom is 0.349 e. The maximum absolute atomic E-state index is 12.9. The smallest absolute Gasteiger partial charge is 0.349 e. The average Bonchev–Trinajstić information content (AvgIpc) is 3.22. The van der Waals surface area contributed by atoms with E-state index >= 15 is 0 Å². The number of methoxy groups -OCH3 is 1. The van der Waals surface area contributed by atoms with E-state index < -0.39 is 17.7 Å². The highest BCUT2D eigenvalue weighted by Crippen LogP contribution is 2.30. The third-order valence-corrected chi connectivity index (χ3v) is 5.26. The number of nitrogen functional groups attached to an aromatic ring is 2. The summed E-state index contributed by atoms with van der Waals surface area (Å²) in [5.74, 6) is 0.0665. The van der Waals surface area contributed by atoms with Crippen molar-refractivity contribution in [2.24, 2.45) is 5.73 Å². The third kappa shape index (κ3) is 5.40. The largest absolute Gasteiger partial charge is 0.481 e. The van der Waals surface area contributed by atoms with Gasteiger partial charge in [0.15, 0.2) is 11.6 Å². The van der Waals surface area contributed by atoms with Gasteiger partial charge in [0.2, 0.25) is 5.88 Å². The minimum absolute atomic E-state index is 0.104. The first-order valence-electron chi connectivity index (χ1n) is 11.0. The number of aromatic amines is 1. The highest BCUT2D eigenvalue weighted by Gasteiger charge is 2.23. The van der Waals surface area contributed by atoms with Crippen molar-refractivity contribution in [3.05, 3.63) is 81.8 Å². The van der Waals surface area contributed by atoms with E-state index in [2.05, 4.69) is 25.4 Å². The van der Waals surface area contributed by atoms with Gasteiger partial charge in [-0.3, -0.25) is 15.2 Å². The van der Waals surface area contributed by atoms with E-state index in [1.165, 1.54) is 26.3 Å². The van der Waals surface area contributed by atoms with Gasteiger partial charge >= 0.3 is 11.7 Å². The Morgan fingerprint density at radius 2 is 2.03 bits per heavy atom. The summed E-state index contributed by atoms with van der Waals surface area (Å²) in [5.41, 5.74) is 13.5. The molecule has 0 spiro atoms. The first-order valence-corrected chi connectivity index (χ1v) is 11.0. The van der Waals surface area contributed by atoms with Crippen LogP contribution in [0, 0.1) is 12.3 Å². The fraction of sp³-hybridized carbons (Fsp3) is 0.167. The molecule has 3 aromatic heterocycles. The molecular formula is C24H25N9O4. The quantitative estimate of drug-likeness (QED) is 0.102. The molecule has 0 aliphatic carbocycles. The van der Waals surface area contributed by atoms with Gasteiger partial charge in [0.05, 0.1) is 18.4 Å². The van der Waals surface area contributed by atoms with E-state index in [0.29, 0.717) is 22.8 Å². The number of carbonyl (C=O) groups is 1. The molecule has 7 N–H and O–H groups in total. The van der Waals surface area contributed by atoms with Crippen LogP contribution >= 0.6 is 0 Å². The Morgan fingerprint density at radius 1 is 1.24 bits per heavy atom. The predicted octanol–water partition coefficient (Wildman–Crippen LogP) is 1.66. The number of esters is 1. The van der Waals surface area contributed by atoms with Crippen LogP contribution in [0.2, 0.25) is 0 Å². The van der Waals surface area contributed by atoms with Crippen LogP contribution in [0.4, 0.5) is 11.4 Å². The van der Waals surface area contributed by atoms with Crippen LogP contribution in [0.25, 0.3) is 5.82 Å². The highest BCUT2D eigenvalue weighted by molar-refractivity contribution is 5.98. The van der Waals surface area contributed by atoms with Crippen molar-refractivity contribution in [2.45, 2.75) is 19.9 Å². The molecule has 0 aliphatic heterocycles. The molecule has 0 saturated carbocycles. The minimum Gasteiger partial charge on any atom is -0.481 e. The number of aryl methyl sites for hydroxylation is 1. The molecule has 4 rings (SSSR count). The van der Waals surface area contributed by atoms with Gasteiger partial charge in [-0.05, 0) is 42.8 Å². The van der Waals surface area contributed by atoms with Crippen LogP contribution < -0.4 is 31.9 Å². The Kier molecular flexibility index (Phi) is 6.86. The molecule has 3 heterocycles. The number of ether oxygens (including phenoxy) is 2. The number of benzene rings is 1. The van der Waals surface area contributed by atoms with Gasteiger partial charge < -0.3 is 26.3 Å². The number of nitrogens with two attached hydrogens (primary N) is 2. The summed E-state index contributed by atoms with van der Waals surface area (Å²) in [6, 6.07) is 10.8. The Balaban J connectivity index is 1.84. The lowest BCUT2D eigenvalue weighted by Crippen LogP contribution is -2.18. The maximum atomic E-state index is 12.9. The van der Waals surface area contributed by atoms with Crippen LogP contribution in [0.5, 0.6) is 11.6 Å². The molecule has 37 heavy (non-hydrogen) atoms. The second kappa shape index (κ2) is 10.2. The standard InChI is InChI=1S/C24H25N9O4/c1-12-9-14(10-19(29-12)36-3)20(22-31-24(35)33(32-22)23-17(25)5-4-8-28-23)30-15-6-7-16(21(26)27)18(11-15)37-13(2)34/h4-11,20,30H,25H2,1-3H3,(H3,26,27)(H,31,32,35). The van der Waals surface area contributed by atoms with Crippen molar-refractivity contribution < 1.29 is 14.3 Å². The molecule has 1 unspecified atom stereocenters. The van der Waals surface area contributed by atoms with E-state index in [1.807, 2.05) is 6.07 Å². The fourth-order valence-corrected chi connectivity index (χ4v) is 3.69. The number of nitrogens with zero attached hydrogens (tertiary/aromatic N) is 4. The van der Waals surface area contributed by atoms with Crippen molar-refractivity contribution in [2.75, 3.05) is 18.2 Å². The van der Waals surface area contributed by atoms with Gasteiger partial charge in [-0.25, -0.2) is 14.8 Å². The topological polar surface area (TPSA) is 200 Å². The molecule has 0 radical (unpaired) electrons. The van der Waals surface area contributed by atoms with Crippen LogP contribution in [0.3, 0.4) is 0 Å². The molecule has 0 bridgehead atoms. The lowest BCUT2D eigenvalue weighted by Gasteiger charge is -2.20. The Hall–Kier alpha value is -5.20. The minimum atomic E-state index is -0.720. The molecule has 13 heteroatoms. The van der Waals surface area contributed by atoms with Gasteiger partial charge in [-0.15, -0.1) is 5.10 Å². The molecule has 1 aromatic carbocycles. The molecule has 13 nitrogen and oxygen atoms in total. The summed E-state index contributed by atoms with van der Waals surface area (Å²) >= 11 is 0. The van der Waals surface area contributed by atoms with Crippen molar-refractivity contribution in [1.29, 1.82) is 5.41 Å². The Bertz CT molecular complexity index is 1540. The zero-order chi connectivity index (χ0) is 26.7. The second-order valence-electron chi connectivity index (χ2n) is 8.02. The summed E-state index contributed by atoms with van der Waals surface area (Å²) in [4.78, 5) is 35.7. The van der Waals surface area contributed by atoms with E-state index in [4.69, 9.17) is 26.4 Å². The summed E-state index contributed by atoms with van der Waals surface area (Å²) in [7, 11) is 1.50. The SMILES string of the molecule is COc1cc(C(Nc2ccc(C(=N)N)c(OC(C)=O)c2)c2nn(-c3ncccc3N)c(=O)[nH]2)cc(C)n1. The molecule has 0 amide bonds. The summed E-state index contributed by atoms with van der Waals surface area (Å²) in [6.45, 7) is 3.05. The fourth-order valence-electron chi connectivity index (χ4n) is 3.69. The number of hydrogen-bond acceptors (Lipinski definition) is 10. The van der Waals surface area contributed by atoms with Gasteiger partial charge in [0.25, 0.3) is 0 Å². The molecule has 4 aromatic rings. The van der Waals surface area contributed by atoms with E-state index in [9.17, 15) is 9.59 Å². The molecular weight excluding hydrogens is 478 g/mol. The Morgan fingerprint density at radius 3 is 2.70 bits per heavy atom. The lowest BCUT2D eigenvalue weighted by molar-refractivity contribution is -0.131. The van der Waals surface area contributed by atoms with Gasteiger partial charge in [0.1, 0.15) is 17.6 Å². The van der Waals surface area contributed by atoms with Gasteiger partial charge in [-0.1, -0.05) is 0 Å². The number of aromatic nitrogens is 5. The molecule has 0 saturated heterocycles. The van der Waals surface area contributed by atoms with E-state index in [-0.39, 0.29) is 34.5 Å². The van der Waals surface area contributed by atoms with Crippen molar-refractivity contribution in [1.82, 2.24) is 24.7 Å². The molecule has 190 valence electrons. The van der Waals surface area contributed by atoms with Crippen molar-refractivity contribution in [3.63, 3.8) is 0 Å². The lowest BCUT2D eigenvalue weighted by atomic mass is 10.1. The first kappa shape index (κ1) is 24.9. The number of amidine groups is 1. The van der Waals surface area contributed by atoms with Gasteiger partial charge in [-0.2, -0.15) is 4.68 Å². The number of anilines is 2. The zero-order valence-electron chi connectivity index (χ0n) is 20.3. The van der Waals surface area contributed by atoms with Crippen molar-refractivity contribution >= 4 is 23.2 Å². The van der Waals surface area contributed by atoms with Crippen LogP contribution in [0.1, 0.15) is 35.6 Å². The number of carbonyl (C=O) groups excluding carboxylic acids is 1. The number of rotatable bonds is 8. The zero-order valence-corrected chi connectivity index (χ0v) is 20.3. The number of nitrogens with one attached hydrogen (secondary N) is 3. The molecule has 1 atom stereocenters.